The molecule has 0 atom stereocenters. The van der Waals surface area contributed by atoms with E-state index < -0.39 is 12.1 Å². The van der Waals surface area contributed by atoms with Gasteiger partial charge >= 0.3 is 6.18 Å². The summed E-state index contributed by atoms with van der Waals surface area (Å²) in [6.07, 6.45) is -2.20. The van der Waals surface area contributed by atoms with E-state index in [1.54, 1.807) is 12.3 Å². The average Bonchev–Trinajstić information content (AvgIpc) is 2.38. The maximum Gasteiger partial charge on any atom is 0.391 e. The summed E-state index contributed by atoms with van der Waals surface area (Å²) >= 11 is 6.17. The Kier molecular flexibility index (Phi) is 4.75. The van der Waals surface area contributed by atoms with Crippen LogP contribution in [0.2, 0.25) is 5.02 Å². The summed E-state index contributed by atoms with van der Waals surface area (Å²) in [5, 5.41) is 3.48. The topological polar surface area (TPSA) is 28.2 Å². The van der Waals surface area contributed by atoms with Gasteiger partial charge in [0, 0.05) is 25.8 Å². The molecule has 0 radical (unpaired) electrons. The van der Waals surface area contributed by atoms with Crippen molar-refractivity contribution in [3.05, 3.63) is 22.8 Å². The summed E-state index contributed by atoms with van der Waals surface area (Å²) < 4.78 is 37.9. The van der Waals surface area contributed by atoms with Crippen LogP contribution >= 0.6 is 11.6 Å². The standard InChI is InChI=1S/C13H17ClF3N3/c1-18-7-9-6-11(14)12(19-8-9)20-4-2-10(3-5-20)13(15,16)17/h6,8,10,18H,2-5,7H2,1H3. The average molecular weight is 308 g/mol. The van der Waals surface area contributed by atoms with Crippen LogP contribution in [0.4, 0.5) is 19.0 Å². The number of piperidine rings is 1. The molecule has 0 saturated carbocycles. The number of hydrogen-bond donors (Lipinski definition) is 1. The first-order valence-corrected chi connectivity index (χ1v) is 6.90. The molecule has 0 unspecified atom stereocenters. The minimum atomic E-state index is -4.10. The predicted octanol–water partition coefficient (Wildman–Crippen LogP) is 3.23. The Balaban J connectivity index is 2.03. The summed E-state index contributed by atoms with van der Waals surface area (Å²) in [6, 6.07) is 1.80. The quantitative estimate of drug-likeness (QED) is 0.929. The van der Waals surface area contributed by atoms with Gasteiger partial charge in [0.1, 0.15) is 5.82 Å². The number of nitrogens with one attached hydrogen (secondary N) is 1. The highest BCUT2D eigenvalue weighted by molar-refractivity contribution is 6.33. The van der Waals surface area contributed by atoms with E-state index in [-0.39, 0.29) is 12.8 Å². The summed E-state index contributed by atoms with van der Waals surface area (Å²) in [6.45, 7) is 1.33. The lowest BCUT2D eigenvalue weighted by molar-refractivity contribution is -0.179. The third-order valence-corrected chi connectivity index (χ3v) is 3.79. The first-order valence-electron chi connectivity index (χ1n) is 6.52. The van der Waals surface area contributed by atoms with Gasteiger partial charge in [0.2, 0.25) is 0 Å². The molecule has 0 spiro atoms. The van der Waals surface area contributed by atoms with Gasteiger partial charge in [-0.1, -0.05) is 11.6 Å². The molecule has 2 heterocycles. The third kappa shape index (κ3) is 3.55. The first kappa shape index (κ1) is 15.4. The highest BCUT2D eigenvalue weighted by atomic mass is 35.5. The third-order valence-electron chi connectivity index (χ3n) is 3.52. The maximum atomic E-state index is 12.6. The SMILES string of the molecule is CNCc1cnc(N2CCC(C(F)(F)F)CC2)c(Cl)c1. The highest BCUT2D eigenvalue weighted by Gasteiger charge is 2.41. The molecular formula is C13H17ClF3N3. The molecule has 0 aromatic carbocycles. The number of rotatable bonds is 3. The van der Waals surface area contributed by atoms with E-state index in [0.717, 1.165) is 5.56 Å². The van der Waals surface area contributed by atoms with E-state index >= 15 is 0 Å². The molecule has 7 heteroatoms. The van der Waals surface area contributed by atoms with Crippen LogP contribution in [0.5, 0.6) is 0 Å². The summed E-state index contributed by atoms with van der Waals surface area (Å²) in [5.41, 5.74) is 0.950. The van der Waals surface area contributed by atoms with Gasteiger partial charge in [-0.3, -0.25) is 0 Å². The van der Waals surface area contributed by atoms with Crippen LogP contribution in [0.3, 0.4) is 0 Å². The Morgan fingerprint density at radius 1 is 1.40 bits per heavy atom. The second kappa shape index (κ2) is 6.18. The zero-order valence-corrected chi connectivity index (χ0v) is 11.9. The van der Waals surface area contributed by atoms with Gasteiger partial charge in [-0.15, -0.1) is 0 Å². The minimum Gasteiger partial charge on any atom is -0.355 e. The van der Waals surface area contributed by atoms with Crippen LogP contribution in [0, 0.1) is 5.92 Å². The number of anilines is 1. The van der Waals surface area contributed by atoms with Crippen molar-refractivity contribution in [3.63, 3.8) is 0 Å². The Morgan fingerprint density at radius 3 is 2.55 bits per heavy atom. The number of halogens is 4. The number of aromatic nitrogens is 1. The van der Waals surface area contributed by atoms with Gasteiger partial charge in [-0.2, -0.15) is 13.2 Å². The molecule has 1 aliphatic heterocycles. The molecular weight excluding hydrogens is 291 g/mol. The van der Waals surface area contributed by atoms with Crippen molar-refractivity contribution >= 4 is 17.4 Å². The number of alkyl halides is 3. The van der Waals surface area contributed by atoms with E-state index in [1.807, 2.05) is 11.9 Å². The van der Waals surface area contributed by atoms with Crippen molar-refractivity contribution in [2.45, 2.75) is 25.6 Å². The monoisotopic (exact) mass is 307 g/mol. The van der Waals surface area contributed by atoms with Crippen LogP contribution in [0.25, 0.3) is 0 Å². The fourth-order valence-corrected chi connectivity index (χ4v) is 2.73. The fourth-order valence-electron chi connectivity index (χ4n) is 2.42. The molecule has 2 rings (SSSR count). The molecule has 112 valence electrons. The van der Waals surface area contributed by atoms with E-state index in [4.69, 9.17) is 11.6 Å². The van der Waals surface area contributed by atoms with E-state index in [1.165, 1.54) is 0 Å². The maximum absolute atomic E-state index is 12.6. The van der Waals surface area contributed by atoms with Crippen molar-refractivity contribution in [1.82, 2.24) is 10.3 Å². The van der Waals surface area contributed by atoms with Gasteiger partial charge in [0.15, 0.2) is 0 Å². The van der Waals surface area contributed by atoms with Crippen LogP contribution in [0.15, 0.2) is 12.3 Å². The molecule has 3 nitrogen and oxygen atoms in total. The lowest BCUT2D eigenvalue weighted by atomic mass is 9.96. The highest BCUT2D eigenvalue weighted by Crippen LogP contribution is 2.36. The Bertz CT molecular complexity index is 457. The molecule has 0 bridgehead atoms. The first-order chi connectivity index (χ1) is 9.41. The second-order valence-corrected chi connectivity index (χ2v) is 5.39. The smallest absolute Gasteiger partial charge is 0.355 e. The van der Waals surface area contributed by atoms with E-state index in [0.29, 0.717) is 30.5 Å². The lowest BCUT2D eigenvalue weighted by Crippen LogP contribution is -2.39. The molecule has 1 aromatic heterocycles. The molecule has 0 amide bonds. The van der Waals surface area contributed by atoms with Crippen molar-refractivity contribution < 1.29 is 13.2 Å². The van der Waals surface area contributed by atoms with Gasteiger partial charge < -0.3 is 10.2 Å². The van der Waals surface area contributed by atoms with Crippen molar-refractivity contribution in [2.24, 2.45) is 5.92 Å². The van der Waals surface area contributed by atoms with Crippen LogP contribution in [-0.4, -0.2) is 31.3 Å². The Labute approximate surface area is 121 Å². The molecule has 1 N–H and O–H groups in total. The van der Waals surface area contributed by atoms with Crippen molar-refractivity contribution in [1.29, 1.82) is 0 Å². The zero-order valence-electron chi connectivity index (χ0n) is 11.2. The number of pyridine rings is 1. The van der Waals surface area contributed by atoms with Crippen molar-refractivity contribution in [3.8, 4) is 0 Å². The largest absolute Gasteiger partial charge is 0.391 e. The summed E-state index contributed by atoms with van der Waals surface area (Å²) in [5.74, 6) is -0.631. The molecule has 1 saturated heterocycles. The van der Waals surface area contributed by atoms with Gasteiger partial charge in [-0.25, -0.2) is 4.98 Å². The lowest BCUT2D eigenvalue weighted by Gasteiger charge is -2.34. The number of hydrogen-bond acceptors (Lipinski definition) is 3. The van der Waals surface area contributed by atoms with Crippen molar-refractivity contribution in [2.75, 3.05) is 25.0 Å². The number of nitrogens with zero attached hydrogens (tertiary/aromatic N) is 2. The van der Waals surface area contributed by atoms with Gasteiger partial charge in [0.05, 0.1) is 10.9 Å². The summed E-state index contributed by atoms with van der Waals surface area (Å²) in [7, 11) is 1.82. The van der Waals surface area contributed by atoms with Crippen LogP contribution in [0.1, 0.15) is 18.4 Å². The van der Waals surface area contributed by atoms with Crippen LogP contribution in [-0.2, 0) is 6.54 Å². The van der Waals surface area contributed by atoms with E-state index in [9.17, 15) is 13.2 Å². The predicted molar refractivity (Wildman–Crippen MR) is 73.0 cm³/mol. The Hall–Kier alpha value is -1.01. The molecule has 1 fully saturated rings. The van der Waals surface area contributed by atoms with Gasteiger partial charge in [-0.05, 0) is 31.5 Å². The second-order valence-electron chi connectivity index (χ2n) is 4.98. The minimum absolute atomic E-state index is 0.0970. The summed E-state index contributed by atoms with van der Waals surface area (Å²) in [4.78, 5) is 6.11. The molecule has 0 aliphatic carbocycles. The normalized spacial score (nSPS) is 17.6. The van der Waals surface area contributed by atoms with Gasteiger partial charge in [0.25, 0.3) is 0 Å². The fraction of sp³-hybridized carbons (Fsp3) is 0.615. The zero-order chi connectivity index (χ0) is 14.8. The molecule has 1 aromatic rings. The Morgan fingerprint density at radius 2 is 2.05 bits per heavy atom. The molecule has 1 aliphatic rings. The molecule has 20 heavy (non-hydrogen) atoms. The van der Waals surface area contributed by atoms with E-state index in [2.05, 4.69) is 10.3 Å². The van der Waals surface area contributed by atoms with Crippen LogP contribution < -0.4 is 10.2 Å².